The topological polar surface area (TPSA) is 169 Å². The predicted molar refractivity (Wildman–Crippen MR) is 203 cm³/mol. The molecular weight excluding hydrogens is 710 g/mol. The minimum Gasteiger partial charge on any atom is -0.465 e. The third-order valence-corrected chi connectivity index (χ3v) is 11.5. The number of H-pyrrole nitrogens is 2. The lowest BCUT2D eigenvalue weighted by Gasteiger charge is -2.52. The molecule has 5 heterocycles. The molecular formula is C41H42F2N6O6. The number of carbonyl (C=O) groups is 2. The fourth-order valence-electron chi connectivity index (χ4n) is 9.33. The zero-order valence-electron chi connectivity index (χ0n) is 31.3. The van der Waals surface area contributed by atoms with Crippen LogP contribution in [0.3, 0.4) is 0 Å². The van der Waals surface area contributed by atoms with Crippen molar-refractivity contribution in [3.8, 4) is 22.5 Å². The van der Waals surface area contributed by atoms with Gasteiger partial charge in [0.2, 0.25) is 5.43 Å². The van der Waals surface area contributed by atoms with E-state index in [4.69, 9.17) is 9.40 Å². The molecule has 2 fully saturated rings. The van der Waals surface area contributed by atoms with E-state index in [1.165, 1.54) is 4.90 Å². The van der Waals surface area contributed by atoms with Crippen molar-refractivity contribution in [1.82, 2.24) is 29.7 Å². The molecule has 0 saturated carbocycles. The number of hydrogen-bond donors (Lipinski definition) is 4. The maximum atomic E-state index is 16.0. The summed E-state index contributed by atoms with van der Waals surface area (Å²) >= 11 is 0. The van der Waals surface area contributed by atoms with Crippen molar-refractivity contribution in [2.24, 2.45) is 16.7 Å². The number of imidazole rings is 2. The molecule has 0 bridgehead atoms. The number of aromatic amines is 2. The van der Waals surface area contributed by atoms with E-state index in [0.717, 1.165) is 15.8 Å². The Bertz CT molecular complexity index is 2580. The number of aromatic nitrogens is 4. The zero-order chi connectivity index (χ0) is 39.4. The summed E-state index contributed by atoms with van der Waals surface area (Å²) in [6, 6.07) is 13.6. The Labute approximate surface area is 314 Å². The molecule has 6 aromatic rings. The number of carboxylic acid groups (broad SMARTS) is 2. The molecule has 286 valence electrons. The monoisotopic (exact) mass is 752 g/mol. The minimum absolute atomic E-state index is 0.0123. The van der Waals surface area contributed by atoms with Gasteiger partial charge in [0.05, 0.1) is 53.7 Å². The Hall–Kier alpha value is -5.79. The summed E-state index contributed by atoms with van der Waals surface area (Å²) in [4.78, 5) is 56.3. The molecule has 0 aliphatic carbocycles. The van der Waals surface area contributed by atoms with Crippen molar-refractivity contribution >= 4 is 44.9 Å². The lowest BCUT2D eigenvalue weighted by atomic mass is 9.58. The van der Waals surface area contributed by atoms with Gasteiger partial charge in [-0.05, 0) is 45.9 Å². The number of halogens is 2. The maximum absolute atomic E-state index is 16.0. The van der Waals surface area contributed by atoms with Crippen LogP contribution in [0.5, 0.6) is 0 Å². The molecule has 3 aromatic carbocycles. The van der Waals surface area contributed by atoms with Gasteiger partial charge in [0.15, 0.2) is 0 Å². The van der Waals surface area contributed by atoms with Gasteiger partial charge in [-0.15, -0.1) is 0 Å². The van der Waals surface area contributed by atoms with Gasteiger partial charge in [-0.1, -0.05) is 65.8 Å². The van der Waals surface area contributed by atoms with Crippen molar-refractivity contribution in [1.29, 1.82) is 0 Å². The van der Waals surface area contributed by atoms with Crippen LogP contribution in [0.4, 0.5) is 18.4 Å². The quantitative estimate of drug-likeness (QED) is 0.102. The number of hydrogen-bond acceptors (Lipinski definition) is 6. The van der Waals surface area contributed by atoms with Crippen LogP contribution >= 0.6 is 0 Å². The van der Waals surface area contributed by atoms with Gasteiger partial charge in [-0.3, -0.25) is 14.6 Å². The van der Waals surface area contributed by atoms with Crippen LogP contribution in [0.15, 0.2) is 70.1 Å². The van der Waals surface area contributed by atoms with E-state index in [0.29, 0.717) is 55.9 Å². The normalized spacial score (nSPS) is 23.4. The van der Waals surface area contributed by atoms with E-state index in [-0.39, 0.29) is 24.9 Å². The van der Waals surface area contributed by atoms with Crippen LogP contribution in [-0.2, 0) is 5.54 Å². The van der Waals surface area contributed by atoms with Gasteiger partial charge >= 0.3 is 12.2 Å². The van der Waals surface area contributed by atoms with Gasteiger partial charge in [-0.25, -0.2) is 28.3 Å². The lowest BCUT2D eigenvalue weighted by molar-refractivity contribution is -0.0495. The second-order valence-corrected chi connectivity index (χ2v) is 16.9. The zero-order valence-corrected chi connectivity index (χ0v) is 31.3. The average molecular weight is 753 g/mol. The highest BCUT2D eigenvalue weighted by atomic mass is 19.1. The lowest BCUT2D eigenvalue weighted by Crippen LogP contribution is -2.59. The molecule has 5 atom stereocenters. The third-order valence-electron chi connectivity index (χ3n) is 11.5. The molecule has 12 nitrogen and oxygen atoms in total. The summed E-state index contributed by atoms with van der Waals surface area (Å²) in [5.74, 6) is 0.0299. The van der Waals surface area contributed by atoms with E-state index < -0.39 is 52.9 Å². The second kappa shape index (κ2) is 12.4. The average Bonchev–Trinajstić information content (AvgIpc) is 3.92. The molecule has 14 heteroatoms. The van der Waals surface area contributed by atoms with Crippen LogP contribution in [0.25, 0.3) is 55.2 Å². The molecule has 2 aliphatic rings. The first-order chi connectivity index (χ1) is 25.9. The summed E-state index contributed by atoms with van der Waals surface area (Å²) in [6.45, 7) is 11.1. The Balaban J connectivity index is 1.16. The summed E-state index contributed by atoms with van der Waals surface area (Å²) in [7, 11) is 0. The molecule has 8 rings (SSSR count). The Kier molecular flexibility index (Phi) is 8.14. The highest BCUT2D eigenvalue weighted by Crippen LogP contribution is 2.59. The van der Waals surface area contributed by atoms with Crippen LogP contribution < -0.4 is 5.43 Å². The van der Waals surface area contributed by atoms with Crippen LogP contribution in [0.1, 0.15) is 65.7 Å². The first-order valence-electron chi connectivity index (χ1n) is 18.2. The molecule has 2 aliphatic heterocycles. The van der Waals surface area contributed by atoms with Crippen molar-refractivity contribution in [3.05, 3.63) is 82.8 Å². The Morgan fingerprint density at radius 1 is 0.855 bits per heavy atom. The van der Waals surface area contributed by atoms with Crippen LogP contribution in [0, 0.1) is 16.7 Å². The molecule has 2 saturated heterocycles. The molecule has 4 N–H and O–H groups in total. The fraction of sp³-hybridized carbons (Fsp3) is 0.390. The van der Waals surface area contributed by atoms with Crippen molar-refractivity contribution < 1.29 is 33.0 Å². The van der Waals surface area contributed by atoms with Gasteiger partial charge < -0.3 is 24.6 Å². The largest absolute Gasteiger partial charge is 0.465 e. The Morgan fingerprint density at radius 2 is 1.53 bits per heavy atom. The first kappa shape index (κ1) is 36.2. The van der Waals surface area contributed by atoms with Gasteiger partial charge in [-0.2, -0.15) is 0 Å². The highest BCUT2D eigenvalue weighted by molar-refractivity contribution is 6.09. The highest BCUT2D eigenvalue weighted by Gasteiger charge is 2.67. The number of amides is 2. The van der Waals surface area contributed by atoms with E-state index in [1.807, 2.05) is 65.8 Å². The molecule has 3 aromatic heterocycles. The Morgan fingerprint density at radius 3 is 2.20 bits per heavy atom. The predicted octanol–water partition coefficient (Wildman–Crippen LogP) is 8.88. The molecule has 55 heavy (non-hydrogen) atoms. The number of nitrogens with zero attached hydrogens (tertiary/aromatic N) is 4. The SMILES string of the molecule is CC(C)(C)C1[C@H](F)CN(C(=O)O)[C@]1(c1ncc(-c2ccc3c(ccc4oc5cc(-c6cnc([C@@H]7C[C@@H](F)CN7C(=O)O)[nH]6)ccc5c(=O)c43)c2)[nH]1)C(C)(C)C. The van der Waals surface area contributed by atoms with Crippen LogP contribution in [0.2, 0.25) is 0 Å². The molecule has 2 amide bonds. The summed E-state index contributed by atoms with van der Waals surface area (Å²) < 4.78 is 36.3. The van der Waals surface area contributed by atoms with E-state index >= 15 is 4.39 Å². The molecule has 1 unspecified atom stereocenters. The molecule has 0 radical (unpaired) electrons. The fourth-order valence-corrected chi connectivity index (χ4v) is 9.33. The number of alkyl halides is 2. The first-order valence-corrected chi connectivity index (χ1v) is 18.2. The number of nitrogens with one attached hydrogen (secondary N) is 2. The second-order valence-electron chi connectivity index (χ2n) is 16.9. The minimum atomic E-state index is -1.40. The third kappa shape index (κ3) is 5.55. The van der Waals surface area contributed by atoms with Gasteiger partial charge in [0.1, 0.15) is 40.7 Å². The standard InChI is InChI=1S/C41H42F2N6O6/c1-39(2,3)34-26(43)19-49(38(53)54)41(34,40(4,5)6)36-45-17-28(47-36)21-7-10-24-20(13-21)9-12-30-32(24)33(50)25-11-8-22(14-31(25)55-30)27-16-44-35(46-27)29-15-23(42)18-48(29)37(51)52/h7-14,16-17,23,26,29,34H,15,18-19H2,1-6H3,(H,44,46)(H,45,47)(H,51,52)(H,53,54)/t23-,26-,29+,34?,41-/m1/s1. The van der Waals surface area contributed by atoms with Crippen molar-refractivity contribution in [2.75, 3.05) is 13.1 Å². The maximum Gasteiger partial charge on any atom is 0.408 e. The summed E-state index contributed by atoms with van der Waals surface area (Å²) in [5.41, 5.74) is 0.485. The number of benzene rings is 3. The smallest absolute Gasteiger partial charge is 0.408 e. The number of rotatable bonds is 4. The summed E-state index contributed by atoms with van der Waals surface area (Å²) in [5, 5.41) is 22.1. The van der Waals surface area contributed by atoms with Crippen molar-refractivity contribution in [2.45, 2.75) is 71.9 Å². The van der Waals surface area contributed by atoms with Gasteiger partial charge in [0.25, 0.3) is 0 Å². The number of fused-ring (bicyclic) bond motifs is 4. The molecule has 0 spiro atoms. The van der Waals surface area contributed by atoms with E-state index in [9.17, 15) is 29.0 Å². The summed E-state index contributed by atoms with van der Waals surface area (Å²) in [6.07, 6.45) is -1.88. The van der Waals surface area contributed by atoms with Crippen LogP contribution in [-0.4, -0.2) is 77.6 Å². The number of likely N-dealkylation sites (tertiary alicyclic amines) is 2. The van der Waals surface area contributed by atoms with Gasteiger partial charge in [0, 0.05) is 23.5 Å². The van der Waals surface area contributed by atoms with E-state index in [2.05, 4.69) is 15.0 Å². The van der Waals surface area contributed by atoms with Crippen molar-refractivity contribution in [3.63, 3.8) is 0 Å². The van der Waals surface area contributed by atoms with E-state index in [1.54, 1.807) is 36.7 Å².